The fourth-order valence-corrected chi connectivity index (χ4v) is 2.99. The van der Waals surface area contributed by atoms with Gasteiger partial charge in [-0.1, -0.05) is 60.6 Å². The summed E-state index contributed by atoms with van der Waals surface area (Å²) in [5.41, 5.74) is 2.83. The van der Waals surface area contributed by atoms with E-state index in [0.717, 1.165) is 11.1 Å². The van der Waals surface area contributed by atoms with Gasteiger partial charge >= 0.3 is 5.97 Å². The monoisotopic (exact) mass is 353 g/mol. The molecule has 0 fully saturated rings. The van der Waals surface area contributed by atoms with Gasteiger partial charge in [-0.25, -0.2) is 9.18 Å². The van der Waals surface area contributed by atoms with Crippen LogP contribution in [0.1, 0.15) is 28.6 Å². The number of nitrogens with zero attached hydrogens (tertiary/aromatic N) is 1. The number of oxime groups is 1. The summed E-state index contributed by atoms with van der Waals surface area (Å²) in [5.74, 6) is -0.728. The van der Waals surface area contributed by atoms with E-state index in [1.54, 1.807) is 30.3 Å². The maximum absolute atomic E-state index is 13.9. The van der Waals surface area contributed by atoms with Crippen LogP contribution in [-0.4, -0.2) is 11.7 Å². The van der Waals surface area contributed by atoms with E-state index in [9.17, 15) is 9.18 Å². The SMILES string of the molecule is CC/C(=N\OC(=O)c1cccs1)c1ccc(-c2ccccc2F)cc1. The second-order valence-electron chi connectivity index (χ2n) is 5.30. The van der Waals surface area contributed by atoms with Crippen LogP contribution in [0.3, 0.4) is 0 Å². The minimum Gasteiger partial charge on any atom is -0.312 e. The van der Waals surface area contributed by atoms with Crippen molar-refractivity contribution in [2.75, 3.05) is 0 Å². The number of carbonyl (C=O) groups is 1. The standard InChI is InChI=1S/C20H16FNO2S/c1-2-18(22-24-20(23)19-8-5-13-25-19)15-11-9-14(10-12-15)16-6-3-4-7-17(16)21/h3-13H,2H2,1H3/b22-18+. The number of benzene rings is 2. The lowest BCUT2D eigenvalue weighted by Crippen LogP contribution is -2.04. The van der Waals surface area contributed by atoms with Crippen LogP contribution >= 0.6 is 11.3 Å². The molecule has 0 radical (unpaired) electrons. The summed E-state index contributed by atoms with van der Waals surface area (Å²) in [4.78, 5) is 17.4. The topological polar surface area (TPSA) is 38.7 Å². The molecule has 3 nitrogen and oxygen atoms in total. The Morgan fingerprint density at radius 3 is 2.48 bits per heavy atom. The molecular weight excluding hydrogens is 337 g/mol. The molecule has 3 aromatic rings. The minimum absolute atomic E-state index is 0.260. The van der Waals surface area contributed by atoms with Crippen molar-refractivity contribution in [2.24, 2.45) is 5.16 Å². The van der Waals surface area contributed by atoms with Gasteiger partial charge < -0.3 is 4.84 Å². The van der Waals surface area contributed by atoms with E-state index in [-0.39, 0.29) is 5.82 Å². The molecule has 5 heteroatoms. The molecule has 0 amide bonds. The van der Waals surface area contributed by atoms with Gasteiger partial charge in [0.15, 0.2) is 0 Å². The zero-order valence-electron chi connectivity index (χ0n) is 13.6. The van der Waals surface area contributed by atoms with Gasteiger partial charge in [-0.3, -0.25) is 0 Å². The van der Waals surface area contributed by atoms with Crippen molar-refractivity contribution in [3.05, 3.63) is 82.3 Å². The Hall–Kier alpha value is -2.79. The Morgan fingerprint density at radius 1 is 1.08 bits per heavy atom. The quantitative estimate of drug-likeness (QED) is 0.344. The smallest absolute Gasteiger partial charge is 0.312 e. The molecule has 1 heterocycles. The summed E-state index contributed by atoms with van der Waals surface area (Å²) in [7, 11) is 0. The summed E-state index contributed by atoms with van der Waals surface area (Å²) in [5, 5.41) is 5.80. The van der Waals surface area contributed by atoms with E-state index in [1.807, 2.05) is 36.6 Å². The average Bonchev–Trinajstić information content (AvgIpc) is 3.18. The van der Waals surface area contributed by atoms with E-state index >= 15 is 0 Å². The van der Waals surface area contributed by atoms with Gasteiger partial charge in [-0.05, 0) is 35.1 Å². The maximum Gasteiger partial charge on any atom is 0.375 e. The molecule has 0 aliphatic carbocycles. The molecule has 1 aromatic heterocycles. The van der Waals surface area contributed by atoms with E-state index in [4.69, 9.17) is 4.84 Å². The molecule has 25 heavy (non-hydrogen) atoms. The number of thiophene rings is 1. The van der Waals surface area contributed by atoms with E-state index < -0.39 is 5.97 Å². The Kier molecular flexibility index (Phi) is 5.36. The fourth-order valence-electron chi connectivity index (χ4n) is 2.40. The highest BCUT2D eigenvalue weighted by molar-refractivity contribution is 7.11. The van der Waals surface area contributed by atoms with Crippen molar-refractivity contribution < 1.29 is 14.0 Å². The van der Waals surface area contributed by atoms with E-state index in [2.05, 4.69) is 5.16 Å². The van der Waals surface area contributed by atoms with Crippen LogP contribution in [-0.2, 0) is 4.84 Å². The van der Waals surface area contributed by atoms with Crippen molar-refractivity contribution in [1.29, 1.82) is 0 Å². The summed E-state index contributed by atoms with van der Waals surface area (Å²) >= 11 is 1.31. The van der Waals surface area contributed by atoms with Crippen molar-refractivity contribution in [3.8, 4) is 11.1 Å². The lowest BCUT2D eigenvalue weighted by molar-refractivity contribution is 0.0521. The highest BCUT2D eigenvalue weighted by Gasteiger charge is 2.10. The molecule has 0 unspecified atom stereocenters. The third-order valence-corrected chi connectivity index (χ3v) is 4.55. The van der Waals surface area contributed by atoms with Gasteiger partial charge in [-0.15, -0.1) is 11.3 Å². The van der Waals surface area contributed by atoms with E-state index in [0.29, 0.717) is 22.6 Å². The Labute approximate surface area is 149 Å². The molecule has 0 aliphatic rings. The minimum atomic E-state index is -0.469. The Balaban J connectivity index is 1.78. The molecule has 0 spiro atoms. The van der Waals surface area contributed by atoms with Crippen LogP contribution in [0.2, 0.25) is 0 Å². The average molecular weight is 353 g/mol. The molecule has 0 bridgehead atoms. The third kappa shape index (κ3) is 4.00. The van der Waals surface area contributed by atoms with Gasteiger partial charge in [-0.2, -0.15) is 0 Å². The number of hydrogen-bond acceptors (Lipinski definition) is 4. The van der Waals surface area contributed by atoms with Crippen molar-refractivity contribution >= 4 is 23.0 Å². The summed E-state index contributed by atoms with van der Waals surface area (Å²) in [6.07, 6.45) is 0.608. The van der Waals surface area contributed by atoms with Gasteiger partial charge in [0, 0.05) is 5.56 Å². The Bertz CT molecular complexity index is 886. The van der Waals surface area contributed by atoms with Gasteiger partial charge in [0.25, 0.3) is 0 Å². The van der Waals surface area contributed by atoms with Crippen molar-refractivity contribution in [2.45, 2.75) is 13.3 Å². The molecule has 2 aromatic carbocycles. The second kappa shape index (κ2) is 7.85. The van der Waals surface area contributed by atoms with Crippen molar-refractivity contribution in [1.82, 2.24) is 0 Å². The van der Waals surface area contributed by atoms with Crippen LogP contribution in [0.5, 0.6) is 0 Å². The molecular formula is C20H16FNO2S. The van der Waals surface area contributed by atoms with Gasteiger partial charge in [0.2, 0.25) is 0 Å². The highest BCUT2D eigenvalue weighted by atomic mass is 32.1. The first-order chi connectivity index (χ1) is 12.2. The largest absolute Gasteiger partial charge is 0.375 e. The van der Waals surface area contributed by atoms with Gasteiger partial charge in [0.1, 0.15) is 10.7 Å². The van der Waals surface area contributed by atoms with Crippen LogP contribution in [0.15, 0.2) is 71.2 Å². The molecule has 0 aliphatic heterocycles. The molecule has 0 saturated heterocycles. The number of halogens is 1. The summed E-state index contributed by atoms with van der Waals surface area (Å²) < 4.78 is 13.9. The predicted octanol–water partition coefficient (Wildman–Crippen LogP) is 5.53. The third-order valence-electron chi connectivity index (χ3n) is 3.70. The fraction of sp³-hybridized carbons (Fsp3) is 0.100. The summed E-state index contributed by atoms with van der Waals surface area (Å²) in [6.45, 7) is 1.93. The van der Waals surface area contributed by atoms with Crippen LogP contribution < -0.4 is 0 Å². The van der Waals surface area contributed by atoms with Crippen molar-refractivity contribution in [3.63, 3.8) is 0 Å². The second-order valence-corrected chi connectivity index (χ2v) is 6.25. The lowest BCUT2D eigenvalue weighted by atomic mass is 10.0. The first-order valence-corrected chi connectivity index (χ1v) is 8.74. The molecule has 126 valence electrons. The van der Waals surface area contributed by atoms with Crippen LogP contribution in [0.4, 0.5) is 4.39 Å². The number of hydrogen-bond donors (Lipinski definition) is 0. The van der Waals surface area contributed by atoms with Crippen LogP contribution in [0, 0.1) is 5.82 Å². The molecule has 3 rings (SSSR count). The number of rotatable bonds is 5. The maximum atomic E-state index is 13.9. The predicted molar refractivity (Wildman–Crippen MR) is 98.4 cm³/mol. The first-order valence-electron chi connectivity index (χ1n) is 7.86. The molecule has 0 N–H and O–H groups in total. The summed E-state index contributed by atoms with van der Waals surface area (Å²) in [6, 6.07) is 17.5. The zero-order valence-corrected chi connectivity index (χ0v) is 14.4. The first kappa shape index (κ1) is 17.0. The normalized spacial score (nSPS) is 11.4. The highest BCUT2D eigenvalue weighted by Crippen LogP contribution is 2.23. The van der Waals surface area contributed by atoms with Crippen LogP contribution in [0.25, 0.3) is 11.1 Å². The molecule has 0 saturated carbocycles. The van der Waals surface area contributed by atoms with Gasteiger partial charge in [0.05, 0.1) is 5.71 Å². The number of carbonyl (C=O) groups excluding carboxylic acids is 1. The lowest BCUT2D eigenvalue weighted by Gasteiger charge is -2.07. The Morgan fingerprint density at radius 2 is 1.84 bits per heavy atom. The molecule has 0 atom stereocenters. The van der Waals surface area contributed by atoms with E-state index in [1.165, 1.54) is 17.4 Å². The zero-order chi connectivity index (χ0) is 17.6.